The van der Waals surface area contributed by atoms with Crippen molar-refractivity contribution < 1.29 is 9.72 Å². The van der Waals surface area contributed by atoms with Crippen LogP contribution >= 0.6 is 0 Å². The van der Waals surface area contributed by atoms with E-state index in [1.54, 1.807) is 13.0 Å². The van der Waals surface area contributed by atoms with E-state index in [1.165, 1.54) is 23.2 Å². The molecule has 0 N–H and O–H groups in total. The Morgan fingerprint density at radius 3 is 2.38 bits per heavy atom. The number of nitriles is 2. The van der Waals surface area contributed by atoms with Crippen molar-refractivity contribution in [3.8, 4) is 12.1 Å². The van der Waals surface area contributed by atoms with Crippen LogP contribution in [0.1, 0.15) is 24.0 Å². The highest BCUT2D eigenvalue weighted by Gasteiger charge is 2.45. The van der Waals surface area contributed by atoms with Crippen LogP contribution in [0.2, 0.25) is 0 Å². The second-order valence-corrected chi connectivity index (χ2v) is 6.68. The molecule has 3 rings (SSSR count). The number of hydrogen-bond acceptors (Lipinski definition) is 6. The average molecular weight is 387 g/mol. The fourth-order valence-electron chi connectivity index (χ4n) is 3.60. The summed E-state index contributed by atoms with van der Waals surface area (Å²) >= 11 is 0. The minimum atomic E-state index is -1.24. The van der Waals surface area contributed by atoms with E-state index in [0.29, 0.717) is 5.71 Å². The number of nitro benzene ring substituents is 1. The van der Waals surface area contributed by atoms with E-state index in [1.807, 2.05) is 42.5 Å². The van der Waals surface area contributed by atoms with Crippen molar-refractivity contribution in [1.29, 1.82) is 10.5 Å². The fraction of sp³-hybridized carbons (Fsp3) is 0.238. The summed E-state index contributed by atoms with van der Waals surface area (Å²) in [6.45, 7) is 1.88. The highest BCUT2D eigenvalue weighted by Crippen LogP contribution is 2.41. The van der Waals surface area contributed by atoms with Gasteiger partial charge in [-0.2, -0.15) is 15.6 Å². The third kappa shape index (κ3) is 3.83. The van der Waals surface area contributed by atoms with Crippen LogP contribution in [0.4, 0.5) is 5.69 Å². The Hall–Kier alpha value is -4.04. The third-order valence-corrected chi connectivity index (χ3v) is 4.91. The predicted molar refractivity (Wildman–Crippen MR) is 104 cm³/mol. The van der Waals surface area contributed by atoms with Crippen LogP contribution in [0, 0.1) is 44.6 Å². The second-order valence-electron chi connectivity index (χ2n) is 6.68. The smallest absolute Gasteiger partial charge is 0.272 e. The maximum Gasteiger partial charge on any atom is 0.272 e. The van der Waals surface area contributed by atoms with Gasteiger partial charge in [-0.25, -0.2) is 5.01 Å². The Bertz CT molecular complexity index is 1040. The first-order valence-corrected chi connectivity index (χ1v) is 8.91. The first-order chi connectivity index (χ1) is 14.0. The molecule has 0 unspecified atom stereocenters. The number of nitro groups is 1. The van der Waals surface area contributed by atoms with E-state index in [-0.39, 0.29) is 23.7 Å². The van der Waals surface area contributed by atoms with Gasteiger partial charge in [-0.15, -0.1) is 0 Å². The quantitative estimate of drug-likeness (QED) is 0.555. The summed E-state index contributed by atoms with van der Waals surface area (Å²) in [5, 5.41) is 36.2. The van der Waals surface area contributed by atoms with Gasteiger partial charge in [0, 0.05) is 23.3 Å². The Kier molecular flexibility index (Phi) is 5.66. The summed E-state index contributed by atoms with van der Waals surface area (Å²) in [7, 11) is 0. The number of nitrogens with zero attached hydrogens (tertiary/aromatic N) is 5. The van der Waals surface area contributed by atoms with E-state index in [2.05, 4.69) is 5.10 Å². The monoisotopic (exact) mass is 387 g/mol. The van der Waals surface area contributed by atoms with E-state index >= 15 is 0 Å². The lowest BCUT2D eigenvalue weighted by atomic mass is 9.75. The van der Waals surface area contributed by atoms with Gasteiger partial charge >= 0.3 is 0 Å². The Morgan fingerprint density at radius 1 is 1.14 bits per heavy atom. The van der Waals surface area contributed by atoms with Crippen LogP contribution in [0.5, 0.6) is 0 Å². The van der Waals surface area contributed by atoms with E-state index < -0.39 is 22.7 Å². The van der Waals surface area contributed by atoms with Crippen LogP contribution < -0.4 is 0 Å². The number of carbonyl (C=O) groups excluding carboxylic acids is 1. The van der Waals surface area contributed by atoms with Crippen LogP contribution in [0.15, 0.2) is 59.7 Å². The number of benzene rings is 2. The molecule has 1 heterocycles. The molecule has 0 bridgehead atoms. The molecule has 1 aliphatic rings. The van der Waals surface area contributed by atoms with Gasteiger partial charge in [0.05, 0.1) is 29.5 Å². The number of hydrazone groups is 1. The van der Waals surface area contributed by atoms with Crippen molar-refractivity contribution >= 4 is 17.3 Å². The van der Waals surface area contributed by atoms with Crippen molar-refractivity contribution in [3.05, 3.63) is 75.8 Å². The summed E-state index contributed by atoms with van der Waals surface area (Å²) in [4.78, 5) is 24.1. The molecule has 1 amide bonds. The molecule has 0 fully saturated rings. The minimum absolute atomic E-state index is 0.181. The Balaban J connectivity index is 2.03. The molecule has 2 aromatic rings. The van der Waals surface area contributed by atoms with Gasteiger partial charge in [-0.1, -0.05) is 48.5 Å². The lowest BCUT2D eigenvalue weighted by molar-refractivity contribution is -0.385. The molecule has 0 spiro atoms. The van der Waals surface area contributed by atoms with Crippen LogP contribution in [-0.4, -0.2) is 21.6 Å². The van der Waals surface area contributed by atoms with Crippen LogP contribution in [0.25, 0.3) is 0 Å². The third-order valence-electron chi connectivity index (χ3n) is 4.91. The molecule has 8 nitrogen and oxygen atoms in total. The lowest BCUT2D eigenvalue weighted by Crippen LogP contribution is -2.34. The molecule has 144 valence electrons. The summed E-state index contributed by atoms with van der Waals surface area (Å²) in [6.07, 6.45) is 0. The molecule has 0 aromatic heterocycles. The van der Waals surface area contributed by atoms with Crippen molar-refractivity contribution in [2.45, 2.75) is 19.4 Å². The van der Waals surface area contributed by atoms with Crippen molar-refractivity contribution in [3.63, 3.8) is 0 Å². The summed E-state index contributed by atoms with van der Waals surface area (Å²) in [5.41, 5.74) is 1.25. The molecule has 0 aliphatic carbocycles. The zero-order chi connectivity index (χ0) is 21.0. The van der Waals surface area contributed by atoms with Gasteiger partial charge < -0.3 is 0 Å². The molecule has 0 radical (unpaired) electrons. The van der Waals surface area contributed by atoms with Gasteiger partial charge in [0.25, 0.3) is 11.6 Å². The van der Waals surface area contributed by atoms with Gasteiger partial charge in [0.2, 0.25) is 0 Å². The Labute approximate surface area is 167 Å². The van der Waals surface area contributed by atoms with Gasteiger partial charge in [0.15, 0.2) is 0 Å². The van der Waals surface area contributed by atoms with Gasteiger partial charge in [0.1, 0.15) is 5.92 Å². The molecular weight excluding hydrogens is 370 g/mol. The molecule has 2 atom stereocenters. The maximum atomic E-state index is 13.2. The number of amides is 1. The van der Waals surface area contributed by atoms with Crippen molar-refractivity contribution in [2.24, 2.45) is 16.9 Å². The summed E-state index contributed by atoms with van der Waals surface area (Å²) < 4.78 is 0. The predicted octanol–water partition coefficient (Wildman–Crippen LogP) is 3.38. The Morgan fingerprint density at radius 2 is 1.76 bits per heavy atom. The fourth-order valence-corrected chi connectivity index (χ4v) is 3.60. The normalized spacial score (nSPS) is 16.8. The summed E-state index contributed by atoms with van der Waals surface area (Å²) in [6, 6.07) is 19.0. The zero-order valence-electron chi connectivity index (χ0n) is 15.6. The standard InChI is InChI=1S/C21H17N5O3/c1-14-19(21(27)25(24-14)13-15-7-3-2-4-8-15)20(16(11-22)12-23)17-9-5-6-10-18(17)26(28)29/h2-10,16,19-20H,13H2,1H3/t19-,20-/m1/s1. The molecule has 29 heavy (non-hydrogen) atoms. The van der Waals surface area contributed by atoms with E-state index in [4.69, 9.17) is 0 Å². The average Bonchev–Trinajstić information content (AvgIpc) is 3.00. The topological polar surface area (TPSA) is 123 Å². The maximum absolute atomic E-state index is 13.2. The number of rotatable bonds is 6. The highest BCUT2D eigenvalue weighted by molar-refractivity contribution is 6.08. The number of carbonyl (C=O) groups is 1. The highest BCUT2D eigenvalue weighted by atomic mass is 16.6. The molecule has 8 heteroatoms. The van der Waals surface area contributed by atoms with Crippen LogP contribution in [0.3, 0.4) is 0 Å². The largest absolute Gasteiger partial charge is 0.272 e. The lowest BCUT2D eigenvalue weighted by Gasteiger charge is -2.24. The van der Waals surface area contributed by atoms with Gasteiger partial charge in [-0.3, -0.25) is 14.9 Å². The SMILES string of the molecule is CC1=NN(Cc2ccccc2)C(=O)[C@H]1[C@@H](c1ccccc1[N+](=O)[O-])C(C#N)C#N. The van der Waals surface area contributed by atoms with Gasteiger partial charge in [-0.05, 0) is 12.5 Å². The first kappa shape index (κ1) is 19.7. The van der Waals surface area contributed by atoms with E-state index in [9.17, 15) is 25.4 Å². The molecule has 2 aromatic carbocycles. The second kappa shape index (κ2) is 8.32. The zero-order valence-corrected chi connectivity index (χ0v) is 15.6. The van der Waals surface area contributed by atoms with E-state index in [0.717, 1.165) is 5.56 Å². The van der Waals surface area contributed by atoms with Crippen molar-refractivity contribution in [2.75, 3.05) is 0 Å². The van der Waals surface area contributed by atoms with Crippen molar-refractivity contribution in [1.82, 2.24) is 5.01 Å². The molecule has 0 saturated heterocycles. The molecular formula is C21H17N5O3. The van der Waals surface area contributed by atoms with Crippen LogP contribution in [-0.2, 0) is 11.3 Å². The number of para-hydroxylation sites is 1. The summed E-state index contributed by atoms with van der Waals surface area (Å²) in [5.74, 6) is -3.55. The minimum Gasteiger partial charge on any atom is -0.272 e. The molecule has 0 saturated carbocycles. The molecule has 1 aliphatic heterocycles. The number of hydrogen-bond donors (Lipinski definition) is 0. The first-order valence-electron chi connectivity index (χ1n) is 8.91.